The van der Waals surface area contributed by atoms with Crippen molar-refractivity contribution in [3.8, 4) is 5.75 Å². The highest BCUT2D eigenvalue weighted by molar-refractivity contribution is 8.02. The number of aromatic hydroxyl groups is 1. The SMILES string of the molecule is C[C@H](Sc1nc2ccc(N=Cc3c(O)ccc4ccccc34)cc2s1)C(=O)Nc1nccs1. The van der Waals surface area contributed by atoms with Crippen molar-refractivity contribution in [2.24, 2.45) is 4.99 Å². The van der Waals surface area contributed by atoms with Gasteiger partial charge in [-0.15, -0.1) is 22.7 Å². The third-order valence-electron chi connectivity index (χ3n) is 4.95. The molecule has 1 atom stereocenters. The molecule has 1 amide bonds. The van der Waals surface area contributed by atoms with E-state index in [0.717, 1.165) is 31.0 Å². The number of nitrogens with zero attached hydrogens (tertiary/aromatic N) is 3. The van der Waals surface area contributed by atoms with Crippen LogP contribution in [0.5, 0.6) is 5.75 Å². The molecule has 2 N–H and O–H groups in total. The minimum Gasteiger partial charge on any atom is -0.507 e. The number of rotatable bonds is 6. The standard InChI is InChI=1S/C24H18N4O2S3/c1-14(22(30)28-23-25-10-11-31-23)32-24-27-19-8-7-16(12-21(19)33-24)26-13-18-17-5-3-2-4-15(17)6-9-20(18)29/h2-14,29H,1H3,(H,25,28,30)/t14-/m0/s1. The van der Waals surface area contributed by atoms with Gasteiger partial charge in [-0.3, -0.25) is 9.79 Å². The van der Waals surface area contributed by atoms with Crippen LogP contribution in [0.3, 0.4) is 0 Å². The van der Waals surface area contributed by atoms with Crippen LogP contribution in [-0.4, -0.2) is 32.4 Å². The summed E-state index contributed by atoms with van der Waals surface area (Å²) < 4.78 is 1.81. The lowest BCUT2D eigenvalue weighted by molar-refractivity contribution is -0.115. The van der Waals surface area contributed by atoms with Crippen molar-refractivity contribution in [3.05, 3.63) is 71.7 Å². The van der Waals surface area contributed by atoms with Gasteiger partial charge in [0, 0.05) is 23.4 Å². The van der Waals surface area contributed by atoms with E-state index in [1.54, 1.807) is 18.5 Å². The molecule has 0 aliphatic carbocycles. The number of phenols is 1. The van der Waals surface area contributed by atoms with Crippen LogP contribution < -0.4 is 5.32 Å². The predicted molar refractivity (Wildman–Crippen MR) is 139 cm³/mol. The first-order valence-electron chi connectivity index (χ1n) is 10.1. The Morgan fingerprint density at radius 2 is 2.09 bits per heavy atom. The van der Waals surface area contributed by atoms with Gasteiger partial charge in [-0.25, -0.2) is 9.97 Å². The van der Waals surface area contributed by atoms with Crippen molar-refractivity contribution in [1.82, 2.24) is 9.97 Å². The van der Waals surface area contributed by atoms with Gasteiger partial charge in [-0.1, -0.05) is 42.1 Å². The van der Waals surface area contributed by atoms with Crippen LogP contribution in [0.1, 0.15) is 12.5 Å². The van der Waals surface area contributed by atoms with Crippen LogP contribution in [0.2, 0.25) is 0 Å². The van der Waals surface area contributed by atoms with Crippen LogP contribution in [0.4, 0.5) is 10.8 Å². The number of carbonyl (C=O) groups excluding carboxylic acids is 1. The lowest BCUT2D eigenvalue weighted by Crippen LogP contribution is -2.22. The smallest absolute Gasteiger partial charge is 0.239 e. The molecular formula is C24H18N4O2S3. The fraction of sp³-hybridized carbons (Fsp3) is 0.0833. The van der Waals surface area contributed by atoms with Gasteiger partial charge in [0.25, 0.3) is 0 Å². The zero-order valence-corrected chi connectivity index (χ0v) is 19.9. The summed E-state index contributed by atoms with van der Waals surface area (Å²) in [6.07, 6.45) is 3.36. The lowest BCUT2D eigenvalue weighted by atomic mass is 10.0. The van der Waals surface area contributed by atoms with Crippen molar-refractivity contribution in [2.75, 3.05) is 5.32 Å². The van der Waals surface area contributed by atoms with Gasteiger partial charge in [0.1, 0.15) is 5.75 Å². The van der Waals surface area contributed by atoms with E-state index in [1.807, 2.05) is 60.8 Å². The summed E-state index contributed by atoms with van der Waals surface area (Å²) >= 11 is 4.34. The van der Waals surface area contributed by atoms with Gasteiger partial charge in [0.05, 0.1) is 21.2 Å². The van der Waals surface area contributed by atoms with Gasteiger partial charge in [0.2, 0.25) is 5.91 Å². The van der Waals surface area contributed by atoms with Crippen LogP contribution in [0, 0.1) is 0 Å². The van der Waals surface area contributed by atoms with Crippen LogP contribution in [-0.2, 0) is 4.79 Å². The summed E-state index contributed by atoms with van der Waals surface area (Å²) in [6, 6.07) is 17.3. The number of hydrogen-bond acceptors (Lipinski definition) is 8. The van der Waals surface area contributed by atoms with Crippen LogP contribution in [0.15, 0.2) is 75.5 Å². The van der Waals surface area contributed by atoms with E-state index in [2.05, 4.69) is 20.3 Å². The molecule has 164 valence electrons. The number of aromatic nitrogens is 2. The van der Waals surface area contributed by atoms with Gasteiger partial charge in [0.15, 0.2) is 9.47 Å². The summed E-state index contributed by atoms with van der Waals surface area (Å²) in [5.41, 5.74) is 2.32. The molecule has 0 radical (unpaired) electrons. The van der Waals surface area contributed by atoms with Gasteiger partial charge in [-0.05, 0) is 42.0 Å². The fourth-order valence-corrected chi connectivity index (χ4v) is 6.05. The van der Waals surface area contributed by atoms with Crippen molar-refractivity contribution >= 4 is 78.4 Å². The van der Waals surface area contributed by atoms with Gasteiger partial charge in [-0.2, -0.15) is 0 Å². The average molecular weight is 491 g/mol. The highest BCUT2D eigenvalue weighted by Crippen LogP contribution is 2.34. The number of benzene rings is 3. The third-order valence-corrected chi connectivity index (χ3v) is 7.85. The summed E-state index contributed by atoms with van der Waals surface area (Å²) in [6.45, 7) is 1.85. The van der Waals surface area contributed by atoms with E-state index >= 15 is 0 Å². The lowest BCUT2D eigenvalue weighted by Gasteiger charge is -2.07. The van der Waals surface area contributed by atoms with E-state index in [4.69, 9.17) is 0 Å². The van der Waals surface area contributed by atoms with E-state index in [-0.39, 0.29) is 16.9 Å². The van der Waals surface area contributed by atoms with Crippen molar-refractivity contribution < 1.29 is 9.90 Å². The number of hydrogen-bond donors (Lipinski definition) is 2. The molecule has 6 nitrogen and oxygen atoms in total. The fourth-order valence-electron chi connectivity index (χ4n) is 3.28. The molecule has 5 rings (SSSR count). The Hall–Kier alpha value is -3.27. The van der Waals surface area contributed by atoms with E-state index in [0.29, 0.717) is 10.7 Å². The Labute approximate surface area is 202 Å². The number of thiazole rings is 2. The molecule has 0 unspecified atom stereocenters. The quantitative estimate of drug-likeness (QED) is 0.210. The zero-order valence-electron chi connectivity index (χ0n) is 17.4. The number of thioether (sulfide) groups is 1. The van der Waals surface area contributed by atoms with Gasteiger partial charge >= 0.3 is 0 Å². The molecule has 33 heavy (non-hydrogen) atoms. The molecule has 2 heterocycles. The summed E-state index contributed by atoms with van der Waals surface area (Å²) in [7, 11) is 0. The molecule has 5 aromatic rings. The molecule has 0 saturated heterocycles. The molecule has 0 fully saturated rings. The molecule has 0 spiro atoms. The maximum absolute atomic E-state index is 12.4. The van der Waals surface area contributed by atoms with Crippen molar-refractivity contribution in [3.63, 3.8) is 0 Å². The Morgan fingerprint density at radius 3 is 2.94 bits per heavy atom. The summed E-state index contributed by atoms with van der Waals surface area (Å²) in [5, 5.41) is 17.3. The van der Waals surface area contributed by atoms with E-state index in [9.17, 15) is 9.90 Å². The second kappa shape index (κ2) is 9.30. The first-order chi connectivity index (χ1) is 16.1. The molecule has 0 bridgehead atoms. The zero-order chi connectivity index (χ0) is 22.8. The first-order valence-corrected chi connectivity index (χ1v) is 12.7. The monoisotopic (exact) mass is 490 g/mol. The number of fused-ring (bicyclic) bond motifs is 2. The largest absolute Gasteiger partial charge is 0.507 e. The average Bonchev–Trinajstić information content (AvgIpc) is 3.47. The number of nitrogens with one attached hydrogen (secondary N) is 1. The van der Waals surface area contributed by atoms with Crippen molar-refractivity contribution in [1.29, 1.82) is 0 Å². The second-order valence-electron chi connectivity index (χ2n) is 7.20. The Kier molecular flexibility index (Phi) is 6.08. The molecule has 0 aliphatic rings. The highest BCUT2D eigenvalue weighted by Gasteiger charge is 2.18. The van der Waals surface area contributed by atoms with E-state index < -0.39 is 0 Å². The molecule has 3 aromatic carbocycles. The normalized spacial score (nSPS) is 12.5. The molecule has 0 saturated carbocycles. The summed E-state index contributed by atoms with van der Waals surface area (Å²) in [4.78, 5) is 25.7. The third kappa shape index (κ3) is 4.75. The Balaban J connectivity index is 1.35. The number of phenolic OH excluding ortho intramolecular Hbond substituents is 1. The van der Waals surface area contributed by atoms with Crippen LogP contribution >= 0.6 is 34.4 Å². The van der Waals surface area contributed by atoms with Gasteiger partial charge < -0.3 is 10.4 Å². The van der Waals surface area contributed by atoms with E-state index in [1.165, 1.54) is 34.4 Å². The molecular weight excluding hydrogens is 472 g/mol. The summed E-state index contributed by atoms with van der Waals surface area (Å²) in [5.74, 6) is 0.0920. The van der Waals surface area contributed by atoms with Crippen LogP contribution in [0.25, 0.3) is 21.0 Å². The molecule has 0 aliphatic heterocycles. The number of aliphatic imine (C=N–C) groups is 1. The number of carbonyl (C=O) groups is 1. The molecule has 2 aromatic heterocycles. The minimum atomic E-state index is -0.304. The first kappa shape index (κ1) is 21.6. The Morgan fingerprint density at radius 1 is 1.21 bits per heavy atom. The maximum atomic E-state index is 12.4. The second-order valence-corrected chi connectivity index (χ2v) is 10.7. The molecule has 9 heteroatoms. The predicted octanol–water partition coefficient (Wildman–Crippen LogP) is 6.48. The maximum Gasteiger partial charge on any atom is 0.239 e. The Bertz CT molecular complexity index is 1480. The number of amides is 1. The topological polar surface area (TPSA) is 87.5 Å². The highest BCUT2D eigenvalue weighted by atomic mass is 32.2. The number of anilines is 1. The van der Waals surface area contributed by atoms with Crippen molar-refractivity contribution in [2.45, 2.75) is 16.5 Å². The minimum absolute atomic E-state index is 0.102.